The Labute approximate surface area is 181 Å². The molecule has 8 heteroatoms. The van der Waals surface area contributed by atoms with Gasteiger partial charge in [0.1, 0.15) is 10.4 Å². The molecule has 0 bridgehead atoms. The number of hydrogen-bond donors (Lipinski definition) is 0. The van der Waals surface area contributed by atoms with Crippen LogP contribution in [0.1, 0.15) is 49.1 Å². The Kier molecular flexibility index (Phi) is 5.91. The number of ketones is 1. The van der Waals surface area contributed by atoms with Gasteiger partial charge in [0.2, 0.25) is 5.71 Å². The van der Waals surface area contributed by atoms with Crippen LogP contribution >= 0.6 is 0 Å². The maximum absolute atomic E-state index is 13.2. The largest absolute Gasteiger partial charge is 0.435 e. The first kappa shape index (κ1) is 21.2. The fourth-order valence-electron chi connectivity index (χ4n) is 3.72. The van der Waals surface area contributed by atoms with Gasteiger partial charge in [-0.3, -0.25) is 9.08 Å². The molecule has 0 spiro atoms. The topological polar surface area (TPSA) is 98.8 Å². The number of hydrogen-bond acceptors (Lipinski definition) is 7. The molecule has 0 unspecified atom stereocenters. The highest BCUT2D eigenvalue weighted by Crippen LogP contribution is 2.27. The number of aromatic nitrogens is 1. The molecule has 2 aromatic carbocycles. The second-order valence-electron chi connectivity index (χ2n) is 7.97. The molecule has 0 aliphatic heterocycles. The molecular weight excluding hydrogens is 416 g/mol. The van der Waals surface area contributed by atoms with E-state index in [1.54, 1.807) is 18.2 Å². The molecule has 162 valence electrons. The SMILES string of the molecule is Cc1ccc(S(=O)(=O)O/N=C(\C(=O)C2CCCCC2)c2nc3cc(C)ccc3o2)cc1. The van der Waals surface area contributed by atoms with Gasteiger partial charge < -0.3 is 4.42 Å². The second-order valence-corrected chi connectivity index (χ2v) is 9.50. The van der Waals surface area contributed by atoms with E-state index in [1.165, 1.54) is 12.1 Å². The van der Waals surface area contributed by atoms with Crippen molar-refractivity contribution < 1.29 is 21.9 Å². The molecule has 1 heterocycles. The molecule has 7 nitrogen and oxygen atoms in total. The van der Waals surface area contributed by atoms with Crippen molar-refractivity contribution in [1.29, 1.82) is 0 Å². The van der Waals surface area contributed by atoms with Crippen LogP contribution in [0.4, 0.5) is 0 Å². The van der Waals surface area contributed by atoms with Crippen molar-refractivity contribution in [3.05, 3.63) is 59.5 Å². The third-order valence-electron chi connectivity index (χ3n) is 5.49. The maximum atomic E-state index is 13.2. The zero-order chi connectivity index (χ0) is 22.0. The number of benzene rings is 2. The van der Waals surface area contributed by atoms with Gasteiger partial charge in [-0.05, 0) is 56.5 Å². The Bertz CT molecular complexity index is 1240. The van der Waals surface area contributed by atoms with Gasteiger partial charge >= 0.3 is 10.1 Å². The Morgan fingerprint density at radius 3 is 2.42 bits per heavy atom. The van der Waals surface area contributed by atoms with Crippen LogP contribution in [0.3, 0.4) is 0 Å². The summed E-state index contributed by atoms with van der Waals surface area (Å²) in [4.78, 5) is 17.6. The highest BCUT2D eigenvalue weighted by molar-refractivity contribution is 7.86. The molecule has 1 saturated carbocycles. The van der Waals surface area contributed by atoms with Crippen molar-refractivity contribution >= 4 is 32.7 Å². The lowest BCUT2D eigenvalue weighted by Crippen LogP contribution is -2.27. The number of rotatable bonds is 6. The number of Topliss-reactive ketones (excluding diaryl/α,β-unsaturated/α-hetero) is 1. The maximum Gasteiger partial charge on any atom is 0.358 e. The van der Waals surface area contributed by atoms with Crippen LogP contribution in [-0.2, 0) is 19.2 Å². The standard InChI is InChI=1S/C23H24N2O5S/c1-15-8-11-18(12-9-15)31(27,28)30-25-21(22(26)17-6-4-3-5-7-17)23-24-19-14-16(2)10-13-20(19)29-23/h8-14,17H,3-7H2,1-2H3/b25-21+. The van der Waals surface area contributed by atoms with E-state index in [-0.39, 0.29) is 28.2 Å². The summed E-state index contributed by atoms with van der Waals surface area (Å²) in [5.74, 6) is -0.590. The molecule has 1 fully saturated rings. The summed E-state index contributed by atoms with van der Waals surface area (Å²) >= 11 is 0. The predicted octanol–water partition coefficient (Wildman–Crippen LogP) is 4.70. The lowest BCUT2D eigenvalue weighted by atomic mass is 9.84. The van der Waals surface area contributed by atoms with Gasteiger partial charge in [0.15, 0.2) is 11.4 Å². The van der Waals surface area contributed by atoms with E-state index in [0.717, 1.165) is 43.2 Å². The highest BCUT2D eigenvalue weighted by Gasteiger charge is 2.31. The third kappa shape index (κ3) is 4.69. The molecule has 1 aliphatic rings. The van der Waals surface area contributed by atoms with Crippen LogP contribution in [0.25, 0.3) is 11.1 Å². The normalized spacial score (nSPS) is 15.9. The summed E-state index contributed by atoms with van der Waals surface area (Å²) in [5.41, 5.74) is 2.77. The van der Waals surface area contributed by atoms with Gasteiger partial charge in [-0.15, -0.1) is 0 Å². The zero-order valence-corrected chi connectivity index (χ0v) is 18.3. The monoisotopic (exact) mass is 440 g/mol. The Hall–Kier alpha value is -3.00. The molecule has 4 rings (SSSR count). The highest BCUT2D eigenvalue weighted by atomic mass is 32.2. The molecule has 1 aromatic heterocycles. The lowest BCUT2D eigenvalue weighted by molar-refractivity contribution is -0.117. The van der Waals surface area contributed by atoms with E-state index in [2.05, 4.69) is 10.1 Å². The predicted molar refractivity (Wildman–Crippen MR) is 116 cm³/mol. The molecule has 3 aromatic rings. The van der Waals surface area contributed by atoms with Crippen LogP contribution in [0, 0.1) is 19.8 Å². The van der Waals surface area contributed by atoms with Gasteiger partial charge in [-0.1, -0.05) is 48.2 Å². The minimum absolute atomic E-state index is 0.0321. The minimum atomic E-state index is -4.19. The van der Waals surface area contributed by atoms with Crippen LogP contribution in [0.15, 0.2) is 56.9 Å². The molecule has 0 radical (unpaired) electrons. The van der Waals surface area contributed by atoms with Crippen LogP contribution in [-0.4, -0.2) is 24.9 Å². The first-order valence-corrected chi connectivity index (χ1v) is 11.7. The van der Waals surface area contributed by atoms with Gasteiger partial charge in [-0.2, -0.15) is 8.42 Å². The minimum Gasteiger partial charge on any atom is -0.435 e. The molecular formula is C23H24N2O5S. The van der Waals surface area contributed by atoms with E-state index in [9.17, 15) is 13.2 Å². The fourth-order valence-corrected chi connectivity index (χ4v) is 4.45. The molecule has 0 saturated heterocycles. The number of aryl methyl sites for hydroxylation is 2. The van der Waals surface area contributed by atoms with Gasteiger partial charge in [0, 0.05) is 5.92 Å². The van der Waals surface area contributed by atoms with Gasteiger partial charge in [0.25, 0.3) is 5.89 Å². The van der Waals surface area contributed by atoms with Crippen LogP contribution in [0.2, 0.25) is 0 Å². The Morgan fingerprint density at radius 2 is 1.71 bits per heavy atom. The summed E-state index contributed by atoms with van der Waals surface area (Å²) < 4.78 is 35.9. The van der Waals surface area contributed by atoms with E-state index in [0.29, 0.717) is 11.1 Å². The second kappa shape index (κ2) is 8.63. The summed E-state index contributed by atoms with van der Waals surface area (Å²) in [6.45, 7) is 3.78. The molecule has 31 heavy (non-hydrogen) atoms. The van der Waals surface area contributed by atoms with Crippen LogP contribution in [0.5, 0.6) is 0 Å². The van der Waals surface area contributed by atoms with Crippen molar-refractivity contribution in [1.82, 2.24) is 4.98 Å². The summed E-state index contributed by atoms with van der Waals surface area (Å²) in [6, 6.07) is 11.7. The Balaban J connectivity index is 1.71. The van der Waals surface area contributed by atoms with E-state index in [1.807, 2.05) is 26.0 Å². The van der Waals surface area contributed by atoms with E-state index < -0.39 is 10.1 Å². The average molecular weight is 441 g/mol. The number of nitrogens with zero attached hydrogens (tertiary/aromatic N) is 2. The van der Waals surface area contributed by atoms with Crippen molar-refractivity contribution in [2.75, 3.05) is 0 Å². The van der Waals surface area contributed by atoms with Gasteiger partial charge in [0.05, 0.1) is 0 Å². The lowest BCUT2D eigenvalue weighted by Gasteiger charge is -2.19. The average Bonchev–Trinajstić information content (AvgIpc) is 3.17. The third-order valence-corrected chi connectivity index (χ3v) is 6.61. The summed E-state index contributed by atoms with van der Waals surface area (Å²) in [6.07, 6.45) is 4.42. The number of fused-ring (bicyclic) bond motifs is 1. The van der Waals surface area contributed by atoms with Crippen molar-refractivity contribution in [2.24, 2.45) is 11.1 Å². The quantitative estimate of drug-likeness (QED) is 0.407. The molecule has 0 atom stereocenters. The smallest absolute Gasteiger partial charge is 0.358 e. The van der Waals surface area contributed by atoms with E-state index >= 15 is 0 Å². The first-order valence-electron chi connectivity index (χ1n) is 10.3. The zero-order valence-electron chi connectivity index (χ0n) is 17.5. The Morgan fingerprint density at radius 1 is 1.03 bits per heavy atom. The summed E-state index contributed by atoms with van der Waals surface area (Å²) in [5, 5.41) is 3.78. The van der Waals surface area contributed by atoms with Crippen LogP contribution < -0.4 is 0 Å². The van der Waals surface area contributed by atoms with Gasteiger partial charge in [-0.25, -0.2) is 4.98 Å². The number of oxime groups is 1. The first-order chi connectivity index (χ1) is 14.8. The number of carbonyl (C=O) groups excluding carboxylic acids is 1. The fraction of sp³-hybridized carbons (Fsp3) is 0.348. The molecule has 1 aliphatic carbocycles. The summed E-state index contributed by atoms with van der Waals surface area (Å²) in [7, 11) is -4.19. The van der Waals surface area contributed by atoms with Crippen molar-refractivity contribution in [3.63, 3.8) is 0 Å². The number of carbonyl (C=O) groups is 1. The molecule has 0 amide bonds. The van der Waals surface area contributed by atoms with Crippen molar-refractivity contribution in [3.8, 4) is 0 Å². The number of oxazole rings is 1. The van der Waals surface area contributed by atoms with E-state index in [4.69, 9.17) is 8.70 Å². The molecule has 0 N–H and O–H groups in total. The van der Waals surface area contributed by atoms with Crippen molar-refractivity contribution in [2.45, 2.75) is 50.8 Å².